The van der Waals surface area contributed by atoms with Crippen molar-refractivity contribution in [1.82, 2.24) is 15.5 Å². The van der Waals surface area contributed by atoms with Crippen LogP contribution in [0.2, 0.25) is 0 Å². The van der Waals surface area contributed by atoms with E-state index in [0.717, 1.165) is 45.6 Å². The van der Waals surface area contributed by atoms with Crippen LogP contribution in [-0.2, 0) is 9.53 Å². The average molecular weight is 225 g/mol. The van der Waals surface area contributed by atoms with Crippen LogP contribution in [0, 0.1) is 0 Å². The molecule has 3 aliphatic rings. The first-order valence-electron chi connectivity index (χ1n) is 6.21. The van der Waals surface area contributed by atoms with Crippen molar-refractivity contribution in [3.63, 3.8) is 0 Å². The molecular weight excluding hydrogens is 206 g/mol. The maximum Gasteiger partial charge on any atom is 0.241 e. The average Bonchev–Trinajstić information content (AvgIpc) is 2.68. The largest absolute Gasteiger partial charge is 0.371 e. The number of carbonyl (C=O) groups excluding carboxylic acids is 1. The Bertz CT molecular complexity index is 266. The first-order chi connectivity index (χ1) is 7.83. The summed E-state index contributed by atoms with van der Waals surface area (Å²) in [7, 11) is 0. The Morgan fingerprint density at radius 1 is 1.19 bits per heavy atom. The van der Waals surface area contributed by atoms with Crippen LogP contribution < -0.4 is 10.6 Å². The summed E-state index contributed by atoms with van der Waals surface area (Å²) in [5.74, 6) is 0.243. The van der Waals surface area contributed by atoms with Crippen LogP contribution in [0.5, 0.6) is 0 Å². The summed E-state index contributed by atoms with van der Waals surface area (Å²) in [5, 5.41) is 6.52. The molecule has 3 unspecified atom stereocenters. The maximum atomic E-state index is 12.2. The monoisotopic (exact) mass is 225 g/mol. The van der Waals surface area contributed by atoms with Gasteiger partial charge in [-0.2, -0.15) is 0 Å². The molecule has 16 heavy (non-hydrogen) atoms. The quantitative estimate of drug-likeness (QED) is 0.597. The van der Waals surface area contributed by atoms with Gasteiger partial charge in [-0.3, -0.25) is 4.79 Å². The highest BCUT2D eigenvalue weighted by molar-refractivity contribution is 5.82. The minimum Gasteiger partial charge on any atom is -0.371 e. The van der Waals surface area contributed by atoms with Crippen molar-refractivity contribution >= 4 is 5.91 Å². The molecule has 2 bridgehead atoms. The lowest BCUT2D eigenvalue weighted by Crippen LogP contribution is -2.59. The lowest BCUT2D eigenvalue weighted by Gasteiger charge is -2.35. The van der Waals surface area contributed by atoms with E-state index in [4.69, 9.17) is 4.74 Å². The first kappa shape index (κ1) is 10.5. The van der Waals surface area contributed by atoms with E-state index < -0.39 is 0 Å². The Labute approximate surface area is 95.5 Å². The van der Waals surface area contributed by atoms with Crippen molar-refractivity contribution in [3.8, 4) is 0 Å². The standard InChI is InChI=1S/C11H19N3O2/c15-11(10-5-12-3-4-13-10)14-6-8-1-2-9(7-14)16-8/h8-10,12-13H,1-7H2. The highest BCUT2D eigenvalue weighted by Gasteiger charge is 2.37. The second kappa shape index (κ2) is 4.31. The number of ether oxygens (including phenoxy) is 1. The molecule has 0 saturated carbocycles. The fourth-order valence-electron chi connectivity index (χ4n) is 2.84. The topological polar surface area (TPSA) is 53.6 Å². The van der Waals surface area contributed by atoms with Gasteiger partial charge in [0, 0.05) is 32.7 Å². The van der Waals surface area contributed by atoms with Gasteiger partial charge in [0.05, 0.1) is 18.2 Å². The zero-order valence-electron chi connectivity index (χ0n) is 9.45. The summed E-state index contributed by atoms with van der Waals surface area (Å²) in [5.41, 5.74) is 0. The minimum absolute atomic E-state index is 0.0359. The second-order valence-corrected chi connectivity index (χ2v) is 4.91. The van der Waals surface area contributed by atoms with Gasteiger partial charge in [0.25, 0.3) is 0 Å². The fraction of sp³-hybridized carbons (Fsp3) is 0.909. The van der Waals surface area contributed by atoms with Crippen LogP contribution >= 0.6 is 0 Å². The molecule has 3 aliphatic heterocycles. The van der Waals surface area contributed by atoms with E-state index in [9.17, 15) is 4.79 Å². The van der Waals surface area contributed by atoms with Crippen LogP contribution in [0.25, 0.3) is 0 Å². The summed E-state index contributed by atoms with van der Waals surface area (Å²) in [6.45, 7) is 4.16. The van der Waals surface area contributed by atoms with E-state index in [1.807, 2.05) is 4.90 Å². The molecule has 0 radical (unpaired) electrons. The summed E-state index contributed by atoms with van der Waals surface area (Å²) in [6, 6.07) is -0.0359. The molecule has 0 spiro atoms. The number of morpholine rings is 1. The molecule has 0 aliphatic carbocycles. The molecule has 2 N–H and O–H groups in total. The maximum absolute atomic E-state index is 12.2. The Morgan fingerprint density at radius 2 is 1.94 bits per heavy atom. The van der Waals surface area contributed by atoms with Gasteiger partial charge >= 0.3 is 0 Å². The summed E-state index contributed by atoms with van der Waals surface area (Å²) in [4.78, 5) is 14.2. The molecule has 3 heterocycles. The number of piperazine rings is 1. The summed E-state index contributed by atoms with van der Waals surface area (Å²) in [6.07, 6.45) is 2.81. The number of fused-ring (bicyclic) bond motifs is 2. The van der Waals surface area contributed by atoms with Crippen LogP contribution in [0.4, 0.5) is 0 Å². The molecule has 3 fully saturated rings. The normalized spacial score (nSPS) is 38.8. The van der Waals surface area contributed by atoms with Crippen molar-refractivity contribution in [2.24, 2.45) is 0 Å². The molecule has 0 aromatic rings. The lowest BCUT2D eigenvalue weighted by atomic mass is 10.2. The lowest BCUT2D eigenvalue weighted by molar-refractivity contribution is -0.142. The van der Waals surface area contributed by atoms with Crippen molar-refractivity contribution in [1.29, 1.82) is 0 Å². The van der Waals surface area contributed by atoms with E-state index >= 15 is 0 Å². The van der Waals surface area contributed by atoms with Gasteiger partial charge in [-0.15, -0.1) is 0 Å². The van der Waals surface area contributed by atoms with Gasteiger partial charge < -0.3 is 20.3 Å². The van der Waals surface area contributed by atoms with Crippen molar-refractivity contribution in [3.05, 3.63) is 0 Å². The van der Waals surface area contributed by atoms with Crippen molar-refractivity contribution in [2.75, 3.05) is 32.7 Å². The molecule has 1 amide bonds. The van der Waals surface area contributed by atoms with E-state index in [2.05, 4.69) is 10.6 Å². The second-order valence-electron chi connectivity index (χ2n) is 4.91. The van der Waals surface area contributed by atoms with Gasteiger partial charge in [0.15, 0.2) is 0 Å². The van der Waals surface area contributed by atoms with Gasteiger partial charge in [-0.25, -0.2) is 0 Å². The Morgan fingerprint density at radius 3 is 2.56 bits per heavy atom. The third-order valence-corrected chi connectivity index (χ3v) is 3.69. The summed E-state index contributed by atoms with van der Waals surface area (Å²) < 4.78 is 5.74. The Hall–Kier alpha value is -0.650. The number of likely N-dealkylation sites (tertiary alicyclic amines) is 1. The molecule has 0 aromatic heterocycles. The highest BCUT2D eigenvalue weighted by Crippen LogP contribution is 2.26. The summed E-state index contributed by atoms with van der Waals surface area (Å²) >= 11 is 0. The third kappa shape index (κ3) is 1.95. The van der Waals surface area contributed by atoms with Gasteiger partial charge in [0.1, 0.15) is 0 Å². The highest BCUT2D eigenvalue weighted by atomic mass is 16.5. The van der Waals surface area contributed by atoms with Crippen LogP contribution in [0.1, 0.15) is 12.8 Å². The van der Waals surface area contributed by atoms with Crippen molar-refractivity contribution in [2.45, 2.75) is 31.1 Å². The number of nitrogens with zero attached hydrogens (tertiary/aromatic N) is 1. The predicted octanol–water partition coefficient (Wildman–Crippen LogP) is -1.06. The molecule has 3 atom stereocenters. The Balaban J connectivity index is 1.61. The minimum atomic E-state index is -0.0359. The van der Waals surface area contributed by atoms with E-state index in [1.54, 1.807) is 0 Å². The zero-order valence-corrected chi connectivity index (χ0v) is 9.45. The third-order valence-electron chi connectivity index (χ3n) is 3.69. The molecular formula is C11H19N3O2. The van der Waals surface area contributed by atoms with Gasteiger partial charge in [0.2, 0.25) is 5.91 Å². The predicted molar refractivity (Wildman–Crippen MR) is 59.1 cm³/mol. The Kier molecular flexibility index (Phi) is 2.83. The fourth-order valence-corrected chi connectivity index (χ4v) is 2.84. The van der Waals surface area contributed by atoms with E-state index in [1.165, 1.54) is 0 Å². The number of nitrogens with one attached hydrogen (secondary N) is 2. The van der Waals surface area contributed by atoms with Crippen LogP contribution in [0.15, 0.2) is 0 Å². The molecule has 5 heteroatoms. The van der Waals surface area contributed by atoms with Crippen LogP contribution in [0.3, 0.4) is 0 Å². The molecule has 5 nitrogen and oxygen atoms in total. The number of amides is 1. The SMILES string of the molecule is O=C(C1CNCCN1)N1CC2CCC(C1)O2. The smallest absolute Gasteiger partial charge is 0.241 e. The molecule has 90 valence electrons. The zero-order chi connectivity index (χ0) is 11.0. The number of carbonyl (C=O) groups is 1. The molecule has 3 saturated heterocycles. The van der Waals surface area contributed by atoms with E-state index in [-0.39, 0.29) is 11.9 Å². The number of hydrogen-bond donors (Lipinski definition) is 2. The van der Waals surface area contributed by atoms with Gasteiger partial charge in [-0.05, 0) is 12.8 Å². The number of hydrogen-bond acceptors (Lipinski definition) is 4. The molecule has 3 rings (SSSR count). The van der Waals surface area contributed by atoms with Crippen molar-refractivity contribution < 1.29 is 9.53 Å². The van der Waals surface area contributed by atoms with E-state index in [0.29, 0.717) is 12.2 Å². The first-order valence-corrected chi connectivity index (χ1v) is 6.21. The van der Waals surface area contributed by atoms with Crippen LogP contribution in [-0.4, -0.2) is 61.8 Å². The molecule has 0 aromatic carbocycles. The van der Waals surface area contributed by atoms with Gasteiger partial charge in [-0.1, -0.05) is 0 Å². The number of rotatable bonds is 1.